The number of nitrogen functional groups attached to an aromatic ring is 1. The van der Waals surface area contributed by atoms with Crippen LogP contribution in [0, 0.1) is 0 Å². The standard InChI is InChI=1S/C9H11N5O2/c1-16-9-6(11-2-3-12-9)7(15)5-4-13-14-8(5)10/h2-4,7,15H,1H3,(H3,10,13,14). The second-order valence-electron chi connectivity index (χ2n) is 3.09. The van der Waals surface area contributed by atoms with Crippen molar-refractivity contribution in [2.75, 3.05) is 12.8 Å². The van der Waals surface area contributed by atoms with Crippen molar-refractivity contribution < 1.29 is 9.84 Å². The predicted octanol–water partition coefficient (Wildman–Crippen LogP) is -0.128. The van der Waals surface area contributed by atoms with E-state index in [-0.39, 0.29) is 5.88 Å². The Bertz CT molecular complexity index is 484. The number of aliphatic hydroxyl groups is 1. The zero-order valence-electron chi connectivity index (χ0n) is 8.58. The lowest BCUT2D eigenvalue weighted by Crippen LogP contribution is -2.07. The third-order valence-electron chi connectivity index (χ3n) is 2.14. The van der Waals surface area contributed by atoms with Crippen molar-refractivity contribution in [3.63, 3.8) is 0 Å². The number of anilines is 1. The van der Waals surface area contributed by atoms with E-state index in [1.54, 1.807) is 0 Å². The maximum atomic E-state index is 10.1. The van der Waals surface area contributed by atoms with Crippen LogP contribution in [0.25, 0.3) is 0 Å². The van der Waals surface area contributed by atoms with Gasteiger partial charge in [-0.25, -0.2) is 4.98 Å². The average molecular weight is 221 g/mol. The molecule has 84 valence electrons. The summed E-state index contributed by atoms with van der Waals surface area (Å²) in [5.74, 6) is 0.552. The zero-order valence-corrected chi connectivity index (χ0v) is 8.58. The van der Waals surface area contributed by atoms with E-state index in [0.717, 1.165) is 0 Å². The minimum Gasteiger partial charge on any atom is -0.480 e. The van der Waals surface area contributed by atoms with E-state index < -0.39 is 6.10 Å². The summed E-state index contributed by atoms with van der Waals surface area (Å²) in [6, 6.07) is 0. The van der Waals surface area contributed by atoms with Gasteiger partial charge in [-0.1, -0.05) is 0 Å². The van der Waals surface area contributed by atoms with Gasteiger partial charge < -0.3 is 15.6 Å². The molecule has 16 heavy (non-hydrogen) atoms. The lowest BCUT2D eigenvalue weighted by atomic mass is 10.1. The molecule has 2 aromatic heterocycles. The van der Waals surface area contributed by atoms with Crippen LogP contribution in [0.3, 0.4) is 0 Å². The highest BCUT2D eigenvalue weighted by molar-refractivity contribution is 5.43. The van der Waals surface area contributed by atoms with Gasteiger partial charge in [0.05, 0.1) is 13.3 Å². The highest BCUT2D eigenvalue weighted by Crippen LogP contribution is 2.28. The van der Waals surface area contributed by atoms with E-state index in [9.17, 15) is 5.11 Å². The molecule has 0 fully saturated rings. The number of nitrogens with one attached hydrogen (secondary N) is 1. The predicted molar refractivity (Wildman–Crippen MR) is 55.6 cm³/mol. The largest absolute Gasteiger partial charge is 0.480 e. The van der Waals surface area contributed by atoms with Crippen molar-refractivity contribution in [1.29, 1.82) is 0 Å². The molecular formula is C9H11N5O2. The molecule has 2 rings (SSSR count). The lowest BCUT2D eigenvalue weighted by Gasteiger charge is -2.11. The summed E-state index contributed by atoms with van der Waals surface area (Å²) < 4.78 is 5.00. The summed E-state index contributed by atoms with van der Waals surface area (Å²) in [4.78, 5) is 7.95. The number of rotatable bonds is 3. The fourth-order valence-electron chi connectivity index (χ4n) is 1.35. The monoisotopic (exact) mass is 221 g/mol. The van der Waals surface area contributed by atoms with Crippen molar-refractivity contribution >= 4 is 5.82 Å². The molecule has 0 bridgehead atoms. The number of aromatic amines is 1. The number of hydrogen-bond acceptors (Lipinski definition) is 6. The van der Waals surface area contributed by atoms with Crippen LogP contribution >= 0.6 is 0 Å². The van der Waals surface area contributed by atoms with E-state index in [1.165, 1.54) is 25.7 Å². The Labute approximate surface area is 91.3 Å². The fourth-order valence-corrected chi connectivity index (χ4v) is 1.35. The highest BCUT2D eigenvalue weighted by Gasteiger charge is 2.21. The SMILES string of the molecule is COc1nccnc1C(O)c1cn[nH]c1N. The molecular weight excluding hydrogens is 210 g/mol. The summed E-state index contributed by atoms with van der Waals surface area (Å²) in [6.45, 7) is 0. The number of H-pyrrole nitrogens is 1. The highest BCUT2D eigenvalue weighted by atomic mass is 16.5. The molecule has 2 heterocycles. The van der Waals surface area contributed by atoms with E-state index in [2.05, 4.69) is 20.2 Å². The Morgan fingerprint density at radius 2 is 2.19 bits per heavy atom. The number of nitrogens with two attached hydrogens (primary N) is 1. The molecule has 0 amide bonds. The average Bonchev–Trinajstić information content (AvgIpc) is 2.74. The molecule has 1 atom stereocenters. The first kappa shape index (κ1) is 10.4. The van der Waals surface area contributed by atoms with Crippen LogP contribution in [0.1, 0.15) is 17.4 Å². The van der Waals surface area contributed by atoms with Crippen LogP contribution in [0.4, 0.5) is 5.82 Å². The zero-order chi connectivity index (χ0) is 11.5. The van der Waals surface area contributed by atoms with E-state index in [0.29, 0.717) is 17.1 Å². The van der Waals surface area contributed by atoms with Crippen molar-refractivity contribution in [3.05, 3.63) is 29.8 Å². The fraction of sp³-hybridized carbons (Fsp3) is 0.222. The van der Waals surface area contributed by atoms with Gasteiger partial charge >= 0.3 is 0 Å². The molecule has 7 heteroatoms. The maximum absolute atomic E-state index is 10.1. The molecule has 0 aliphatic rings. The molecule has 0 saturated carbocycles. The van der Waals surface area contributed by atoms with Crippen LogP contribution < -0.4 is 10.5 Å². The molecule has 2 aromatic rings. The number of aromatic nitrogens is 4. The summed E-state index contributed by atoms with van der Waals surface area (Å²) in [5, 5.41) is 16.3. The van der Waals surface area contributed by atoms with Crippen LogP contribution in [0.2, 0.25) is 0 Å². The quantitative estimate of drug-likeness (QED) is 0.666. The van der Waals surface area contributed by atoms with Gasteiger partial charge in [-0.3, -0.25) is 10.1 Å². The summed E-state index contributed by atoms with van der Waals surface area (Å²) in [6.07, 6.45) is 3.38. The second kappa shape index (κ2) is 4.15. The van der Waals surface area contributed by atoms with Crippen LogP contribution in [-0.4, -0.2) is 32.4 Å². The lowest BCUT2D eigenvalue weighted by molar-refractivity contribution is 0.208. The van der Waals surface area contributed by atoms with Crippen LogP contribution in [0.5, 0.6) is 5.88 Å². The molecule has 0 aliphatic carbocycles. The summed E-state index contributed by atoms with van der Waals surface area (Å²) >= 11 is 0. The number of nitrogens with zero attached hydrogens (tertiary/aromatic N) is 3. The third kappa shape index (κ3) is 1.68. The Kier molecular flexibility index (Phi) is 2.69. The number of methoxy groups -OCH3 is 1. The maximum Gasteiger partial charge on any atom is 0.238 e. The van der Waals surface area contributed by atoms with Gasteiger partial charge in [0.1, 0.15) is 17.6 Å². The Hall–Kier alpha value is -2.15. The Morgan fingerprint density at radius 3 is 2.81 bits per heavy atom. The number of ether oxygens (including phenoxy) is 1. The van der Waals surface area contributed by atoms with Crippen molar-refractivity contribution in [2.45, 2.75) is 6.10 Å². The molecule has 0 saturated heterocycles. The third-order valence-corrected chi connectivity index (χ3v) is 2.14. The first-order valence-electron chi connectivity index (χ1n) is 4.55. The molecule has 0 radical (unpaired) electrons. The smallest absolute Gasteiger partial charge is 0.238 e. The molecule has 0 aliphatic heterocycles. The van der Waals surface area contributed by atoms with Gasteiger partial charge in [-0.05, 0) is 0 Å². The van der Waals surface area contributed by atoms with E-state index in [1.807, 2.05) is 0 Å². The molecule has 4 N–H and O–H groups in total. The first-order chi connectivity index (χ1) is 7.74. The first-order valence-corrected chi connectivity index (χ1v) is 4.55. The molecule has 0 aromatic carbocycles. The summed E-state index contributed by atoms with van der Waals surface area (Å²) in [5.41, 5.74) is 6.35. The topological polar surface area (TPSA) is 110 Å². The van der Waals surface area contributed by atoms with Crippen molar-refractivity contribution in [1.82, 2.24) is 20.2 Å². The minimum atomic E-state index is -1.01. The number of hydrogen-bond donors (Lipinski definition) is 3. The molecule has 1 unspecified atom stereocenters. The van der Waals surface area contributed by atoms with Gasteiger partial charge in [0.15, 0.2) is 0 Å². The Balaban J connectivity index is 2.41. The summed E-state index contributed by atoms with van der Waals surface area (Å²) in [7, 11) is 1.46. The normalized spacial score (nSPS) is 12.4. The minimum absolute atomic E-state index is 0.260. The van der Waals surface area contributed by atoms with Crippen molar-refractivity contribution in [2.24, 2.45) is 0 Å². The van der Waals surface area contributed by atoms with Gasteiger partial charge in [-0.15, -0.1) is 0 Å². The Morgan fingerprint density at radius 1 is 1.44 bits per heavy atom. The number of aliphatic hydroxyl groups excluding tert-OH is 1. The van der Waals surface area contributed by atoms with Gasteiger partial charge in [0.2, 0.25) is 5.88 Å². The molecule has 0 spiro atoms. The van der Waals surface area contributed by atoms with Gasteiger partial charge in [0.25, 0.3) is 0 Å². The van der Waals surface area contributed by atoms with Crippen LogP contribution in [-0.2, 0) is 0 Å². The second-order valence-corrected chi connectivity index (χ2v) is 3.09. The van der Waals surface area contributed by atoms with Gasteiger partial charge in [-0.2, -0.15) is 5.10 Å². The van der Waals surface area contributed by atoms with E-state index >= 15 is 0 Å². The van der Waals surface area contributed by atoms with Crippen molar-refractivity contribution in [3.8, 4) is 5.88 Å². The van der Waals surface area contributed by atoms with Gasteiger partial charge in [0, 0.05) is 18.0 Å². The van der Waals surface area contributed by atoms with Crippen LogP contribution in [0.15, 0.2) is 18.6 Å². The van der Waals surface area contributed by atoms with E-state index in [4.69, 9.17) is 10.5 Å². The molecule has 7 nitrogen and oxygen atoms in total.